The second-order valence-corrected chi connectivity index (χ2v) is 13.6. The highest BCUT2D eigenvalue weighted by Crippen LogP contribution is 2.42. The van der Waals surface area contributed by atoms with Crippen LogP contribution >= 0.6 is 0 Å². The number of fused-ring (bicyclic) bond motifs is 2. The summed E-state index contributed by atoms with van der Waals surface area (Å²) in [7, 11) is 0. The predicted molar refractivity (Wildman–Crippen MR) is 216 cm³/mol. The monoisotopic (exact) mass is 726 g/mol. The third-order valence-electron chi connectivity index (χ3n) is 10.2. The average molecular weight is 727 g/mol. The minimum Gasteiger partial charge on any atom is -0.463 e. The molecular formula is C46H49FN3O4+. The summed E-state index contributed by atoms with van der Waals surface area (Å²) < 4.78 is 29.6. The molecule has 4 aromatic carbocycles. The van der Waals surface area contributed by atoms with E-state index in [1.165, 1.54) is 6.07 Å². The lowest BCUT2D eigenvalue weighted by Crippen LogP contribution is -2.37. The van der Waals surface area contributed by atoms with Gasteiger partial charge in [0.1, 0.15) is 36.9 Å². The number of esters is 1. The fourth-order valence-electron chi connectivity index (χ4n) is 7.09. The Balaban J connectivity index is 1.26. The maximum absolute atomic E-state index is 15.1. The van der Waals surface area contributed by atoms with E-state index in [0.717, 1.165) is 76.2 Å². The first-order chi connectivity index (χ1) is 26.2. The molecule has 0 fully saturated rings. The van der Waals surface area contributed by atoms with Crippen LogP contribution in [0.1, 0.15) is 63.4 Å². The lowest BCUT2D eigenvalue weighted by atomic mass is 9.90. The Morgan fingerprint density at radius 1 is 0.796 bits per heavy atom. The number of halogens is 1. The van der Waals surface area contributed by atoms with Crippen molar-refractivity contribution in [2.24, 2.45) is 0 Å². The molecule has 0 aromatic heterocycles. The van der Waals surface area contributed by atoms with Gasteiger partial charge in [0.05, 0.1) is 18.0 Å². The first-order valence-electron chi connectivity index (χ1n) is 18.9. The van der Waals surface area contributed by atoms with E-state index in [-0.39, 0.29) is 12.5 Å². The summed E-state index contributed by atoms with van der Waals surface area (Å²) >= 11 is 0. The molecule has 4 aromatic rings. The van der Waals surface area contributed by atoms with E-state index in [1.807, 2.05) is 54.6 Å². The van der Waals surface area contributed by atoms with E-state index < -0.39 is 23.7 Å². The summed E-state index contributed by atoms with van der Waals surface area (Å²) in [5.41, 5.74) is 6.63. The molecule has 7 nitrogen and oxygen atoms in total. The molecule has 278 valence electrons. The molecule has 1 aliphatic heterocycles. The largest absolute Gasteiger partial charge is 0.463 e. The predicted octanol–water partition coefficient (Wildman–Crippen LogP) is 9.13. The molecule has 6 rings (SSSR count). The van der Waals surface area contributed by atoms with Crippen LogP contribution in [0.4, 0.5) is 10.1 Å². The Morgan fingerprint density at radius 3 is 2.20 bits per heavy atom. The van der Waals surface area contributed by atoms with Crippen LogP contribution in [-0.2, 0) is 9.53 Å². The minimum absolute atomic E-state index is 0.0417. The van der Waals surface area contributed by atoms with Gasteiger partial charge in [-0.1, -0.05) is 60.7 Å². The van der Waals surface area contributed by atoms with Crippen LogP contribution in [0.2, 0.25) is 0 Å². The van der Waals surface area contributed by atoms with Gasteiger partial charge in [0.25, 0.3) is 5.91 Å². The zero-order valence-electron chi connectivity index (χ0n) is 32.0. The Bertz CT molecular complexity index is 2310. The van der Waals surface area contributed by atoms with Gasteiger partial charge in [-0.3, -0.25) is 9.59 Å². The van der Waals surface area contributed by atoms with Crippen molar-refractivity contribution in [3.8, 4) is 33.6 Å². The second kappa shape index (κ2) is 16.9. The fourth-order valence-corrected chi connectivity index (χ4v) is 7.09. The number of nitrogens with zero attached hydrogens (tertiary/aromatic N) is 2. The number of rotatable bonds is 13. The topological polar surface area (TPSA) is 74.8 Å². The van der Waals surface area contributed by atoms with Crippen molar-refractivity contribution in [1.82, 2.24) is 9.89 Å². The Morgan fingerprint density at radius 2 is 1.50 bits per heavy atom. The smallest absolute Gasteiger partial charge is 0.313 e. The molecule has 0 saturated carbocycles. The summed E-state index contributed by atoms with van der Waals surface area (Å²) in [4.78, 5) is 29.4. The maximum atomic E-state index is 15.1. The molecule has 0 radical (unpaired) electrons. The van der Waals surface area contributed by atoms with Gasteiger partial charge >= 0.3 is 5.97 Å². The third-order valence-corrected chi connectivity index (χ3v) is 10.2. The molecule has 0 saturated heterocycles. The van der Waals surface area contributed by atoms with Gasteiger partial charge in [-0.05, 0) is 88.6 Å². The third kappa shape index (κ3) is 7.93. The first kappa shape index (κ1) is 38.0. The van der Waals surface area contributed by atoms with E-state index >= 15 is 4.39 Å². The zero-order valence-corrected chi connectivity index (χ0v) is 32.0. The summed E-state index contributed by atoms with van der Waals surface area (Å²) in [5.74, 6) is -1.15. The SMILES string of the molecule is CCN(CC)c1ccc2c(-c3ccccc3C(=O)N[C@H](C)COC(=O)[C@H](C)c3ccc(-c4ccccc4)c(F)c3)c3ccc(=[N+](CC)CC)cc-3oc2c1. The number of anilines is 1. The van der Waals surface area contributed by atoms with E-state index in [2.05, 4.69) is 78.9 Å². The Labute approximate surface area is 317 Å². The minimum atomic E-state index is -0.692. The number of ether oxygens (including phenoxy) is 1. The summed E-state index contributed by atoms with van der Waals surface area (Å²) in [6, 6.07) is 33.7. The average Bonchev–Trinajstić information content (AvgIpc) is 3.19. The standard InChI is InChI=1S/C46H48FN3O4/c1-7-49(8-2)34-21-24-39-42(27-34)54-43-28-35(50(9-3)10-4)22-25-40(43)44(39)37-18-14-15-19-38(37)45(51)48-30(5)29-53-46(52)31(6)33-20-23-36(41(47)26-33)32-16-12-11-13-17-32/h11-28,30-31H,7-10,29H2,1-6H3/p+1/t30-,31-/m1/s1. The van der Waals surface area contributed by atoms with E-state index in [0.29, 0.717) is 16.7 Å². The van der Waals surface area contributed by atoms with Crippen LogP contribution in [0.25, 0.3) is 44.5 Å². The fraction of sp³-hybridized carbons (Fsp3) is 0.283. The van der Waals surface area contributed by atoms with Gasteiger partial charge in [0.2, 0.25) is 5.36 Å². The van der Waals surface area contributed by atoms with E-state index in [9.17, 15) is 9.59 Å². The van der Waals surface area contributed by atoms with Crippen LogP contribution in [-0.4, -0.2) is 50.7 Å². The molecule has 1 N–H and O–H groups in total. The van der Waals surface area contributed by atoms with E-state index in [1.54, 1.807) is 26.0 Å². The quantitative estimate of drug-likeness (QED) is 0.0730. The first-order valence-corrected chi connectivity index (χ1v) is 18.9. The lowest BCUT2D eigenvalue weighted by molar-refractivity contribution is -0.145. The molecular weight excluding hydrogens is 678 g/mol. The number of carbonyl (C=O) groups is 2. The summed E-state index contributed by atoms with van der Waals surface area (Å²) in [5, 5.41) is 5.01. The van der Waals surface area contributed by atoms with Crippen molar-refractivity contribution >= 4 is 28.5 Å². The Hall–Kier alpha value is -5.76. The molecule has 0 unspecified atom stereocenters. The summed E-state index contributed by atoms with van der Waals surface area (Å²) in [6.45, 7) is 15.4. The number of amides is 1. The van der Waals surface area contributed by atoms with Gasteiger partial charge in [0.15, 0.2) is 0 Å². The molecule has 8 heteroatoms. The second-order valence-electron chi connectivity index (χ2n) is 13.6. The zero-order chi connectivity index (χ0) is 38.4. The lowest BCUT2D eigenvalue weighted by Gasteiger charge is -2.23. The van der Waals surface area contributed by atoms with Crippen LogP contribution in [0.3, 0.4) is 0 Å². The number of hydrogen-bond acceptors (Lipinski definition) is 5. The molecule has 0 spiro atoms. The number of hydrogen-bond donors (Lipinski definition) is 1. The van der Waals surface area contributed by atoms with Crippen molar-refractivity contribution in [1.29, 1.82) is 0 Å². The molecule has 54 heavy (non-hydrogen) atoms. The number of carbonyl (C=O) groups excluding carboxylic acids is 2. The van der Waals surface area contributed by atoms with Gasteiger partial charge in [-0.25, -0.2) is 8.97 Å². The maximum Gasteiger partial charge on any atom is 0.313 e. The van der Waals surface area contributed by atoms with Crippen molar-refractivity contribution in [3.05, 3.63) is 131 Å². The molecule has 1 aliphatic carbocycles. The van der Waals surface area contributed by atoms with Crippen LogP contribution in [0.15, 0.2) is 114 Å². The highest BCUT2D eigenvalue weighted by Gasteiger charge is 2.25. The highest BCUT2D eigenvalue weighted by atomic mass is 19.1. The van der Waals surface area contributed by atoms with Gasteiger partial charge in [-0.2, -0.15) is 0 Å². The van der Waals surface area contributed by atoms with Crippen molar-refractivity contribution in [2.75, 3.05) is 37.7 Å². The summed E-state index contributed by atoms with van der Waals surface area (Å²) in [6.07, 6.45) is 0. The van der Waals surface area contributed by atoms with Crippen molar-refractivity contribution in [3.63, 3.8) is 0 Å². The normalized spacial score (nSPS) is 12.4. The molecule has 2 aliphatic rings. The van der Waals surface area contributed by atoms with Crippen molar-refractivity contribution < 1.29 is 23.1 Å². The van der Waals surface area contributed by atoms with Crippen LogP contribution < -0.4 is 20.1 Å². The van der Waals surface area contributed by atoms with Gasteiger partial charge in [0, 0.05) is 58.5 Å². The Kier molecular flexibility index (Phi) is 11.9. The van der Waals surface area contributed by atoms with Gasteiger partial charge < -0.3 is 19.4 Å². The van der Waals surface area contributed by atoms with Crippen molar-refractivity contribution in [2.45, 2.75) is 53.5 Å². The van der Waals surface area contributed by atoms with E-state index in [4.69, 9.17) is 9.15 Å². The molecule has 1 heterocycles. The number of nitrogens with one attached hydrogen (secondary N) is 1. The molecule has 1 amide bonds. The molecule has 0 bridgehead atoms. The van der Waals surface area contributed by atoms with Gasteiger partial charge in [-0.15, -0.1) is 0 Å². The number of benzene rings is 5. The van der Waals surface area contributed by atoms with Crippen LogP contribution in [0, 0.1) is 5.82 Å². The highest BCUT2D eigenvalue weighted by molar-refractivity contribution is 6.09. The molecule has 2 atom stereocenters. The van der Waals surface area contributed by atoms with Crippen LogP contribution in [0.5, 0.6) is 0 Å².